The predicted molar refractivity (Wildman–Crippen MR) is 103 cm³/mol. The number of carboxylic acid groups (broad SMARTS) is 1. The van der Waals surface area contributed by atoms with Crippen LogP contribution in [0.5, 0.6) is 5.75 Å². The van der Waals surface area contributed by atoms with Crippen molar-refractivity contribution in [3.63, 3.8) is 0 Å². The molecule has 2 N–H and O–H groups in total. The first-order valence-corrected chi connectivity index (χ1v) is 9.72. The molecule has 2 bridgehead atoms. The zero-order chi connectivity index (χ0) is 19.8. The molecule has 3 saturated carbocycles. The summed E-state index contributed by atoms with van der Waals surface area (Å²) in [6.45, 7) is 0. The third kappa shape index (κ3) is 3.39. The zero-order valence-corrected chi connectivity index (χ0v) is 16.1. The van der Waals surface area contributed by atoms with Crippen molar-refractivity contribution < 1.29 is 19.0 Å². The van der Waals surface area contributed by atoms with Crippen LogP contribution in [0, 0.1) is 23.6 Å². The highest BCUT2D eigenvalue weighted by atomic mass is 35.5. The van der Waals surface area contributed by atoms with Crippen molar-refractivity contribution in [3.05, 3.63) is 35.4 Å². The molecule has 2 atom stereocenters. The fourth-order valence-electron chi connectivity index (χ4n) is 4.63. The molecule has 3 fully saturated rings. The number of nitrogens with zero attached hydrogens (tertiary/aromatic N) is 2. The Labute approximate surface area is 167 Å². The first-order chi connectivity index (χ1) is 13.5. The Morgan fingerprint density at radius 3 is 2.43 bits per heavy atom. The van der Waals surface area contributed by atoms with Crippen LogP contribution in [0.2, 0.25) is 5.28 Å². The summed E-state index contributed by atoms with van der Waals surface area (Å²) in [6, 6.07) is 6.42. The second kappa shape index (κ2) is 7.54. The number of nitrogens with one attached hydrogen (secondary N) is 1. The molecule has 0 aliphatic heterocycles. The number of anilines is 1. The van der Waals surface area contributed by atoms with E-state index in [0.717, 1.165) is 25.7 Å². The normalized spacial score (nSPS) is 26.1. The Bertz CT molecular complexity index is 885. The minimum absolute atomic E-state index is 0.0466. The van der Waals surface area contributed by atoms with Gasteiger partial charge in [0.15, 0.2) is 11.6 Å². The maximum Gasteiger partial charge on any atom is 0.308 e. The summed E-state index contributed by atoms with van der Waals surface area (Å²) in [5, 5.41) is 12.7. The molecule has 0 amide bonds. The topological polar surface area (TPSA) is 84.3 Å². The van der Waals surface area contributed by atoms with E-state index in [9.17, 15) is 9.90 Å². The van der Waals surface area contributed by atoms with Gasteiger partial charge in [0.1, 0.15) is 11.4 Å². The summed E-state index contributed by atoms with van der Waals surface area (Å²) in [5.41, 5.74) is 0.601. The van der Waals surface area contributed by atoms with E-state index in [0.29, 0.717) is 11.3 Å². The summed E-state index contributed by atoms with van der Waals surface area (Å²) < 4.78 is 20.3. The Kier molecular flexibility index (Phi) is 5.10. The Hall–Kier alpha value is -2.41. The van der Waals surface area contributed by atoms with Crippen LogP contribution < -0.4 is 10.1 Å². The maximum atomic E-state index is 15.2. The van der Waals surface area contributed by atoms with Crippen molar-refractivity contribution in [2.45, 2.75) is 31.7 Å². The van der Waals surface area contributed by atoms with E-state index in [1.165, 1.54) is 0 Å². The molecule has 3 aliphatic carbocycles. The van der Waals surface area contributed by atoms with E-state index in [4.69, 9.17) is 16.3 Å². The fourth-order valence-corrected chi connectivity index (χ4v) is 4.80. The van der Waals surface area contributed by atoms with Crippen LogP contribution in [-0.4, -0.2) is 34.2 Å². The monoisotopic (exact) mass is 405 g/mol. The van der Waals surface area contributed by atoms with Crippen molar-refractivity contribution >= 4 is 23.4 Å². The highest BCUT2D eigenvalue weighted by Gasteiger charge is 2.47. The van der Waals surface area contributed by atoms with Gasteiger partial charge in [0, 0.05) is 11.6 Å². The van der Waals surface area contributed by atoms with Crippen molar-refractivity contribution in [3.8, 4) is 17.0 Å². The number of carbonyl (C=O) groups is 1. The van der Waals surface area contributed by atoms with Crippen LogP contribution in [0.1, 0.15) is 25.7 Å². The second-order valence-corrected chi connectivity index (χ2v) is 7.78. The average Bonchev–Trinajstić information content (AvgIpc) is 2.71. The largest absolute Gasteiger partial charge is 0.497 e. The first-order valence-electron chi connectivity index (χ1n) is 9.34. The lowest BCUT2D eigenvalue weighted by Gasteiger charge is -2.47. The summed E-state index contributed by atoms with van der Waals surface area (Å²) in [7, 11) is 1.55. The number of halogens is 2. The molecule has 5 rings (SSSR count). The van der Waals surface area contributed by atoms with Crippen LogP contribution in [-0.2, 0) is 4.79 Å². The molecular formula is C20H21ClFN3O3. The van der Waals surface area contributed by atoms with Crippen molar-refractivity contribution in [1.29, 1.82) is 0 Å². The van der Waals surface area contributed by atoms with Crippen molar-refractivity contribution in [2.24, 2.45) is 17.8 Å². The van der Waals surface area contributed by atoms with Gasteiger partial charge in [-0.15, -0.1) is 0 Å². The Morgan fingerprint density at radius 1 is 1.18 bits per heavy atom. The summed E-state index contributed by atoms with van der Waals surface area (Å²) in [6.07, 6.45) is 3.70. The number of fused-ring (bicyclic) bond motifs is 3. The number of aromatic nitrogens is 2. The molecule has 148 valence electrons. The smallest absolute Gasteiger partial charge is 0.308 e. The lowest BCUT2D eigenvalue weighted by atomic mass is 9.61. The summed E-state index contributed by atoms with van der Waals surface area (Å²) in [4.78, 5) is 19.9. The maximum absolute atomic E-state index is 15.2. The van der Waals surface area contributed by atoms with E-state index >= 15 is 4.39 Å². The Morgan fingerprint density at radius 2 is 1.82 bits per heavy atom. The van der Waals surface area contributed by atoms with Gasteiger partial charge in [0.05, 0.1) is 13.0 Å². The highest BCUT2D eigenvalue weighted by Crippen LogP contribution is 2.46. The molecule has 6 nitrogen and oxygen atoms in total. The molecule has 0 spiro atoms. The number of ether oxygens (including phenoxy) is 1. The van der Waals surface area contributed by atoms with Crippen LogP contribution in [0.4, 0.5) is 10.2 Å². The number of carboxylic acids is 1. The first kappa shape index (κ1) is 18.9. The SMILES string of the molecule is COc1ccc(-c2nc(Cl)nc(NC3C4CCC(CC4)C3C(=O)O)c2F)cc1. The van der Waals surface area contributed by atoms with Crippen LogP contribution in [0.25, 0.3) is 11.3 Å². The van der Waals surface area contributed by atoms with Gasteiger partial charge in [-0.25, -0.2) is 9.37 Å². The molecule has 2 unspecified atom stereocenters. The van der Waals surface area contributed by atoms with E-state index in [-0.39, 0.29) is 34.7 Å². The molecule has 0 saturated heterocycles. The lowest BCUT2D eigenvalue weighted by molar-refractivity contribution is -0.148. The van der Waals surface area contributed by atoms with E-state index < -0.39 is 17.7 Å². The van der Waals surface area contributed by atoms with Gasteiger partial charge in [-0.3, -0.25) is 4.79 Å². The van der Waals surface area contributed by atoms with E-state index in [1.807, 2.05) is 0 Å². The van der Waals surface area contributed by atoms with Gasteiger partial charge >= 0.3 is 5.97 Å². The number of hydrogen-bond donors (Lipinski definition) is 2. The number of methoxy groups -OCH3 is 1. The van der Waals surface area contributed by atoms with Gasteiger partial charge in [0.25, 0.3) is 0 Å². The molecule has 1 aromatic carbocycles. The molecule has 0 radical (unpaired) electrons. The lowest BCUT2D eigenvalue weighted by Crippen LogP contribution is -2.51. The zero-order valence-electron chi connectivity index (χ0n) is 15.4. The summed E-state index contributed by atoms with van der Waals surface area (Å²) in [5.74, 6) is -1.14. The van der Waals surface area contributed by atoms with Crippen molar-refractivity contribution in [2.75, 3.05) is 12.4 Å². The molecule has 1 heterocycles. The van der Waals surface area contributed by atoms with E-state index in [2.05, 4.69) is 15.3 Å². The van der Waals surface area contributed by atoms with Gasteiger partial charge in [-0.05, 0) is 73.4 Å². The van der Waals surface area contributed by atoms with Gasteiger partial charge in [0.2, 0.25) is 5.28 Å². The fraction of sp³-hybridized carbons (Fsp3) is 0.450. The summed E-state index contributed by atoms with van der Waals surface area (Å²) >= 11 is 6.06. The van der Waals surface area contributed by atoms with Gasteiger partial charge in [-0.2, -0.15) is 4.98 Å². The minimum atomic E-state index is -0.845. The van der Waals surface area contributed by atoms with Gasteiger partial charge < -0.3 is 15.2 Å². The van der Waals surface area contributed by atoms with Crippen LogP contribution >= 0.6 is 11.6 Å². The third-order valence-electron chi connectivity index (χ3n) is 6.00. The molecule has 1 aromatic heterocycles. The standard InChI is InChI=1S/C20H21ClFN3O3/c1-28-13-8-6-12(7-9-13)17-15(22)18(25-20(21)24-17)23-16-11-4-2-10(3-5-11)14(16)19(26)27/h6-11,14,16H,2-5H2,1H3,(H,26,27)(H,23,24,25). The number of rotatable bonds is 5. The minimum Gasteiger partial charge on any atom is -0.497 e. The molecular weight excluding hydrogens is 385 g/mol. The molecule has 8 heteroatoms. The average molecular weight is 406 g/mol. The van der Waals surface area contributed by atoms with Gasteiger partial charge in [-0.1, -0.05) is 0 Å². The van der Waals surface area contributed by atoms with Crippen LogP contribution in [0.15, 0.2) is 24.3 Å². The Balaban J connectivity index is 1.68. The number of aliphatic carboxylic acids is 1. The molecule has 2 aromatic rings. The highest BCUT2D eigenvalue weighted by molar-refractivity contribution is 6.28. The van der Waals surface area contributed by atoms with Crippen LogP contribution in [0.3, 0.4) is 0 Å². The second-order valence-electron chi connectivity index (χ2n) is 7.44. The van der Waals surface area contributed by atoms with Crippen molar-refractivity contribution in [1.82, 2.24) is 9.97 Å². The predicted octanol–water partition coefficient (Wildman–Crippen LogP) is 4.25. The number of benzene rings is 1. The third-order valence-corrected chi connectivity index (χ3v) is 6.16. The van der Waals surface area contributed by atoms with E-state index in [1.54, 1.807) is 31.4 Å². The molecule has 28 heavy (non-hydrogen) atoms. The quantitative estimate of drug-likeness (QED) is 0.723. The molecule has 3 aliphatic rings. The number of hydrogen-bond acceptors (Lipinski definition) is 5.